The third-order valence-electron chi connectivity index (χ3n) is 3.85. The lowest BCUT2D eigenvalue weighted by molar-refractivity contribution is -0.0104. The first-order valence-electron chi connectivity index (χ1n) is 7.27. The van der Waals surface area contributed by atoms with Gasteiger partial charge in [-0.25, -0.2) is 0 Å². The Kier molecular flexibility index (Phi) is 5.62. The van der Waals surface area contributed by atoms with Gasteiger partial charge >= 0.3 is 0 Å². The van der Waals surface area contributed by atoms with Gasteiger partial charge in [-0.15, -0.1) is 0 Å². The van der Waals surface area contributed by atoms with E-state index in [4.69, 9.17) is 4.74 Å². The lowest BCUT2D eigenvalue weighted by Crippen LogP contribution is -2.42. The highest BCUT2D eigenvalue weighted by Crippen LogP contribution is 2.24. The quantitative estimate of drug-likeness (QED) is 0.801. The summed E-state index contributed by atoms with van der Waals surface area (Å²) in [6.45, 7) is 0.712. The number of benzene rings is 1. The van der Waals surface area contributed by atoms with E-state index in [1.54, 1.807) is 0 Å². The fourth-order valence-electron chi connectivity index (χ4n) is 2.79. The van der Waals surface area contributed by atoms with Crippen molar-refractivity contribution in [2.24, 2.45) is 0 Å². The molecule has 2 rings (SSSR count). The van der Waals surface area contributed by atoms with Gasteiger partial charge < -0.3 is 9.64 Å². The smallest absolute Gasteiger partial charge is 0.0734 e. The Balaban J connectivity index is 1.79. The van der Waals surface area contributed by atoms with Crippen LogP contribution in [0.2, 0.25) is 0 Å². The van der Waals surface area contributed by atoms with Crippen molar-refractivity contribution in [1.29, 1.82) is 0 Å². The van der Waals surface area contributed by atoms with Crippen molar-refractivity contribution in [3.63, 3.8) is 0 Å². The Morgan fingerprint density at radius 2 is 1.89 bits per heavy atom. The Morgan fingerprint density at radius 3 is 2.63 bits per heavy atom. The molecule has 1 aliphatic rings. The molecule has 0 spiro atoms. The topological polar surface area (TPSA) is 12.5 Å². The third kappa shape index (κ3) is 4.48. The Morgan fingerprint density at radius 1 is 1.16 bits per heavy atom. The average molecular weight is 259 g/mol. The molecule has 2 nitrogen and oxygen atoms in total. The number of ether oxygens (including phenoxy) is 1. The van der Waals surface area contributed by atoms with E-state index in [1.807, 2.05) is 6.07 Å². The highest BCUT2D eigenvalue weighted by atomic mass is 16.5. The standard InChI is InChI=1S/C17H25NO/c1-18(2)16-12-6-7-13-17(16)19-14-8-11-15-9-4-3-5-10-15/h3-5,8-11,16-17H,6-7,12-14H2,1-2H3/b11-8+/t16-,17-/m0/s1. The molecule has 104 valence electrons. The van der Waals surface area contributed by atoms with Gasteiger partial charge in [0, 0.05) is 6.04 Å². The Hall–Kier alpha value is -1.12. The molecule has 0 aliphatic heterocycles. The molecule has 0 radical (unpaired) electrons. The van der Waals surface area contributed by atoms with E-state index in [-0.39, 0.29) is 0 Å². The number of hydrogen-bond donors (Lipinski definition) is 0. The summed E-state index contributed by atoms with van der Waals surface area (Å²) in [4.78, 5) is 2.31. The number of nitrogens with zero attached hydrogens (tertiary/aromatic N) is 1. The Labute approximate surface area is 117 Å². The SMILES string of the molecule is CN(C)[C@H]1CCCC[C@@H]1OC/C=C/c1ccccc1. The zero-order valence-corrected chi connectivity index (χ0v) is 12.1. The van der Waals surface area contributed by atoms with Crippen molar-refractivity contribution >= 4 is 6.08 Å². The molecule has 1 saturated carbocycles. The first-order valence-corrected chi connectivity index (χ1v) is 7.27. The fourth-order valence-corrected chi connectivity index (χ4v) is 2.79. The number of likely N-dealkylation sites (N-methyl/N-ethyl adjacent to an activating group) is 1. The van der Waals surface area contributed by atoms with Crippen LogP contribution in [0.15, 0.2) is 36.4 Å². The summed E-state index contributed by atoms with van der Waals surface area (Å²) < 4.78 is 6.05. The number of hydrogen-bond acceptors (Lipinski definition) is 2. The summed E-state index contributed by atoms with van der Waals surface area (Å²) in [7, 11) is 4.32. The molecule has 0 aromatic heterocycles. The van der Waals surface area contributed by atoms with Gasteiger partial charge in [0.2, 0.25) is 0 Å². The zero-order valence-electron chi connectivity index (χ0n) is 12.1. The van der Waals surface area contributed by atoms with E-state index >= 15 is 0 Å². The van der Waals surface area contributed by atoms with Gasteiger partial charge in [0.15, 0.2) is 0 Å². The van der Waals surface area contributed by atoms with Crippen LogP contribution in [0.4, 0.5) is 0 Å². The van der Waals surface area contributed by atoms with Crippen molar-refractivity contribution in [3.05, 3.63) is 42.0 Å². The van der Waals surface area contributed by atoms with Gasteiger partial charge in [0.25, 0.3) is 0 Å². The van der Waals surface area contributed by atoms with Gasteiger partial charge in [0.1, 0.15) is 0 Å². The zero-order chi connectivity index (χ0) is 13.5. The molecule has 1 aliphatic carbocycles. The van der Waals surface area contributed by atoms with Gasteiger partial charge in [-0.1, -0.05) is 55.3 Å². The van der Waals surface area contributed by atoms with Crippen molar-refractivity contribution < 1.29 is 4.74 Å². The van der Waals surface area contributed by atoms with E-state index in [0.717, 1.165) is 0 Å². The molecule has 0 N–H and O–H groups in total. The van der Waals surface area contributed by atoms with Crippen LogP contribution in [0, 0.1) is 0 Å². The molecule has 1 aromatic carbocycles. The molecule has 1 aromatic rings. The van der Waals surface area contributed by atoms with Gasteiger partial charge in [0.05, 0.1) is 12.7 Å². The number of rotatable bonds is 5. The highest BCUT2D eigenvalue weighted by Gasteiger charge is 2.26. The molecular weight excluding hydrogens is 234 g/mol. The molecule has 0 unspecified atom stereocenters. The van der Waals surface area contributed by atoms with E-state index in [0.29, 0.717) is 18.8 Å². The normalized spacial score (nSPS) is 24.2. The summed E-state index contributed by atoms with van der Waals surface area (Å²) in [5.74, 6) is 0. The van der Waals surface area contributed by atoms with E-state index in [2.05, 4.69) is 55.4 Å². The molecule has 1 fully saturated rings. The molecule has 2 atom stereocenters. The predicted molar refractivity (Wildman–Crippen MR) is 81.2 cm³/mol. The van der Waals surface area contributed by atoms with Crippen LogP contribution in [0.1, 0.15) is 31.2 Å². The minimum atomic E-state index is 0.393. The molecular formula is C17H25NO. The van der Waals surface area contributed by atoms with Gasteiger partial charge in [-0.3, -0.25) is 0 Å². The van der Waals surface area contributed by atoms with Crippen LogP contribution >= 0.6 is 0 Å². The van der Waals surface area contributed by atoms with Crippen molar-refractivity contribution in [2.75, 3.05) is 20.7 Å². The third-order valence-corrected chi connectivity index (χ3v) is 3.85. The second-order valence-corrected chi connectivity index (χ2v) is 5.50. The summed E-state index contributed by atoms with van der Waals surface area (Å²) in [6, 6.07) is 11.0. The van der Waals surface area contributed by atoms with Crippen LogP contribution in [0.3, 0.4) is 0 Å². The van der Waals surface area contributed by atoms with E-state index < -0.39 is 0 Å². The minimum Gasteiger partial charge on any atom is -0.373 e. The summed E-state index contributed by atoms with van der Waals surface area (Å²) in [5.41, 5.74) is 1.24. The maximum atomic E-state index is 6.05. The largest absolute Gasteiger partial charge is 0.373 e. The Bertz CT molecular complexity index is 386. The predicted octanol–water partition coefficient (Wildman–Crippen LogP) is 3.59. The lowest BCUT2D eigenvalue weighted by atomic mass is 9.92. The second-order valence-electron chi connectivity index (χ2n) is 5.50. The van der Waals surface area contributed by atoms with E-state index in [9.17, 15) is 0 Å². The maximum Gasteiger partial charge on any atom is 0.0734 e. The first-order chi connectivity index (χ1) is 9.27. The van der Waals surface area contributed by atoms with Gasteiger partial charge in [-0.05, 0) is 32.5 Å². The highest BCUT2D eigenvalue weighted by molar-refractivity contribution is 5.48. The van der Waals surface area contributed by atoms with Crippen LogP contribution in [0.25, 0.3) is 6.08 Å². The molecule has 0 saturated heterocycles. The maximum absolute atomic E-state index is 6.05. The van der Waals surface area contributed by atoms with Gasteiger partial charge in [-0.2, -0.15) is 0 Å². The van der Waals surface area contributed by atoms with Crippen molar-refractivity contribution in [3.8, 4) is 0 Å². The molecule has 0 bridgehead atoms. The minimum absolute atomic E-state index is 0.393. The fraction of sp³-hybridized carbons (Fsp3) is 0.529. The summed E-state index contributed by atoms with van der Waals surface area (Å²) in [6.07, 6.45) is 9.75. The molecule has 0 amide bonds. The van der Waals surface area contributed by atoms with Crippen LogP contribution in [0.5, 0.6) is 0 Å². The average Bonchev–Trinajstić information content (AvgIpc) is 2.45. The van der Waals surface area contributed by atoms with Crippen LogP contribution in [-0.2, 0) is 4.74 Å². The van der Waals surface area contributed by atoms with Crippen LogP contribution < -0.4 is 0 Å². The second kappa shape index (κ2) is 7.46. The van der Waals surface area contributed by atoms with Crippen molar-refractivity contribution in [2.45, 2.75) is 37.8 Å². The van der Waals surface area contributed by atoms with E-state index in [1.165, 1.54) is 31.2 Å². The molecule has 0 heterocycles. The summed E-state index contributed by atoms with van der Waals surface area (Å²) >= 11 is 0. The monoisotopic (exact) mass is 259 g/mol. The molecule has 19 heavy (non-hydrogen) atoms. The van der Waals surface area contributed by atoms with Crippen LogP contribution in [-0.4, -0.2) is 37.7 Å². The van der Waals surface area contributed by atoms with Crippen molar-refractivity contribution in [1.82, 2.24) is 4.90 Å². The summed E-state index contributed by atoms with van der Waals surface area (Å²) in [5, 5.41) is 0. The molecule has 2 heteroatoms. The first kappa shape index (κ1) is 14.3. The lowest BCUT2D eigenvalue weighted by Gasteiger charge is -2.35.